The van der Waals surface area contributed by atoms with Crippen LogP contribution >= 0.6 is 0 Å². The van der Waals surface area contributed by atoms with E-state index in [2.05, 4.69) is 40.5 Å². The van der Waals surface area contributed by atoms with Gasteiger partial charge in [-0.15, -0.1) is 0 Å². The molecule has 144 valence electrons. The number of nitrogens with zero attached hydrogens (tertiary/aromatic N) is 2. The Labute approximate surface area is 160 Å². The van der Waals surface area contributed by atoms with E-state index in [1.165, 1.54) is 11.3 Å². The lowest BCUT2D eigenvalue weighted by Crippen LogP contribution is -2.50. The molecule has 1 saturated heterocycles. The SMILES string of the molecule is CCc1ccc([C@@H]2CCC(=[N+]3CC(OC4N=CC(C)=CC4C)C3)C2)[nH]c1=O. The average Bonchev–Trinajstić information content (AvgIpc) is 3.08. The van der Waals surface area contributed by atoms with Crippen molar-refractivity contribution in [2.24, 2.45) is 10.9 Å². The summed E-state index contributed by atoms with van der Waals surface area (Å²) in [7, 11) is 0. The summed E-state index contributed by atoms with van der Waals surface area (Å²) in [5.74, 6) is 0.783. The van der Waals surface area contributed by atoms with Gasteiger partial charge in [-0.05, 0) is 31.4 Å². The predicted octanol–water partition coefficient (Wildman–Crippen LogP) is 3.05. The molecule has 3 heterocycles. The van der Waals surface area contributed by atoms with Crippen LogP contribution in [0.15, 0.2) is 33.6 Å². The van der Waals surface area contributed by atoms with Crippen molar-refractivity contribution in [2.75, 3.05) is 13.1 Å². The minimum Gasteiger partial charge on any atom is -0.339 e. The molecule has 1 aliphatic carbocycles. The molecule has 5 nitrogen and oxygen atoms in total. The van der Waals surface area contributed by atoms with Crippen LogP contribution in [0.1, 0.15) is 57.2 Å². The van der Waals surface area contributed by atoms with Crippen LogP contribution < -0.4 is 5.56 Å². The number of hydrogen-bond acceptors (Lipinski definition) is 3. The van der Waals surface area contributed by atoms with Gasteiger partial charge in [0.1, 0.15) is 0 Å². The van der Waals surface area contributed by atoms with Crippen molar-refractivity contribution in [1.29, 1.82) is 0 Å². The van der Waals surface area contributed by atoms with Crippen molar-refractivity contribution >= 4 is 11.9 Å². The maximum Gasteiger partial charge on any atom is 0.251 e. The fourth-order valence-electron chi connectivity index (χ4n) is 4.42. The number of allylic oxidation sites excluding steroid dienone is 1. The highest BCUT2D eigenvalue weighted by Crippen LogP contribution is 2.32. The van der Waals surface area contributed by atoms with Gasteiger partial charge < -0.3 is 9.72 Å². The number of pyridine rings is 1. The summed E-state index contributed by atoms with van der Waals surface area (Å²) >= 11 is 0. The second-order valence-corrected chi connectivity index (χ2v) is 8.23. The number of nitrogens with one attached hydrogen (secondary N) is 1. The number of aromatic nitrogens is 1. The molecule has 1 aromatic heterocycles. The highest BCUT2D eigenvalue weighted by atomic mass is 16.5. The van der Waals surface area contributed by atoms with Crippen LogP contribution in [0.5, 0.6) is 0 Å². The fraction of sp³-hybridized carbons (Fsp3) is 0.591. The molecule has 1 N–H and O–H groups in total. The summed E-state index contributed by atoms with van der Waals surface area (Å²) in [6.07, 6.45) is 8.46. The molecular weight excluding hydrogens is 338 g/mol. The van der Waals surface area contributed by atoms with Gasteiger partial charge in [0.15, 0.2) is 31.1 Å². The molecule has 0 bridgehead atoms. The van der Waals surface area contributed by atoms with E-state index in [1.807, 2.05) is 19.2 Å². The zero-order valence-electron chi connectivity index (χ0n) is 16.6. The number of rotatable bonds is 4. The second kappa shape index (κ2) is 7.55. The lowest BCUT2D eigenvalue weighted by molar-refractivity contribution is -0.612. The van der Waals surface area contributed by atoms with E-state index in [0.29, 0.717) is 11.8 Å². The monoisotopic (exact) mass is 368 g/mol. The quantitative estimate of drug-likeness (QED) is 0.831. The molecule has 1 aromatic rings. The average molecular weight is 369 g/mol. The Morgan fingerprint density at radius 1 is 1.33 bits per heavy atom. The van der Waals surface area contributed by atoms with Gasteiger partial charge in [0.05, 0.1) is 0 Å². The topological polar surface area (TPSA) is 57.5 Å². The summed E-state index contributed by atoms with van der Waals surface area (Å²) in [6.45, 7) is 8.20. The van der Waals surface area contributed by atoms with Crippen molar-refractivity contribution in [1.82, 2.24) is 4.98 Å². The van der Waals surface area contributed by atoms with E-state index < -0.39 is 0 Å². The van der Waals surface area contributed by atoms with E-state index in [1.54, 1.807) is 0 Å². The van der Waals surface area contributed by atoms with Gasteiger partial charge in [-0.25, -0.2) is 4.58 Å². The summed E-state index contributed by atoms with van der Waals surface area (Å²) in [6, 6.07) is 4.09. The second-order valence-electron chi connectivity index (χ2n) is 8.23. The van der Waals surface area contributed by atoms with Gasteiger partial charge in [-0.1, -0.05) is 26.0 Å². The van der Waals surface area contributed by atoms with Crippen LogP contribution in [0.25, 0.3) is 0 Å². The highest BCUT2D eigenvalue weighted by molar-refractivity contribution is 5.83. The number of aliphatic imine (C=N–C) groups is 1. The van der Waals surface area contributed by atoms with Gasteiger partial charge >= 0.3 is 0 Å². The number of aromatic amines is 1. The first-order valence-corrected chi connectivity index (χ1v) is 10.2. The Kier molecular flexibility index (Phi) is 5.13. The lowest BCUT2D eigenvalue weighted by Gasteiger charge is -2.30. The first-order valence-electron chi connectivity index (χ1n) is 10.2. The van der Waals surface area contributed by atoms with E-state index in [-0.39, 0.29) is 17.9 Å². The molecule has 5 heteroatoms. The number of H-pyrrole nitrogens is 1. The van der Waals surface area contributed by atoms with Crippen molar-refractivity contribution in [3.8, 4) is 0 Å². The molecule has 2 aliphatic heterocycles. The molecule has 3 atom stereocenters. The van der Waals surface area contributed by atoms with Gasteiger partial charge in [0, 0.05) is 42.1 Å². The molecule has 3 aliphatic rings. The van der Waals surface area contributed by atoms with Crippen LogP contribution in [0.3, 0.4) is 0 Å². The summed E-state index contributed by atoms with van der Waals surface area (Å²) < 4.78 is 8.65. The summed E-state index contributed by atoms with van der Waals surface area (Å²) in [5, 5.41) is 0. The van der Waals surface area contributed by atoms with E-state index in [0.717, 1.165) is 50.0 Å². The number of dihydropyridines is 1. The smallest absolute Gasteiger partial charge is 0.251 e. The Hall–Kier alpha value is -2.01. The minimum atomic E-state index is -0.0377. The third-order valence-electron chi connectivity index (χ3n) is 6.13. The molecule has 4 rings (SSSR count). The molecular formula is C22H30N3O2+. The Bertz CT molecular complexity index is 857. The molecule has 2 unspecified atom stereocenters. The minimum absolute atomic E-state index is 0.0377. The van der Waals surface area contributed by atoms with Crippen molar-refractivity contribution in [2.45, 2.75) is 64.7 Å². The Morgan fingerprint density at radius 3 is 2.85 bits per heavy atom. The van der Waals surface area contributed by atoms with Gasteiger partial charge in [-0.3, -0.25) is 9.79 Å². The Balaban J connectivity index is 1.33. The number of ether oxygens (including phenoxy) is 1. The van der Waals surface area contributed by atoms with Crippen molar-refractivity contribution < 1.29 is 9.31 Å². The van der Waals surface area contributed by atoms with Crippen LogP contribution in [-0.2, 0) is 11.2 Å². The molecule has 1 saturated carbocycles. The molecule has 2 fully saturated rings. The fourth-order valence-corrected chi connectivity index (χ4v) is 4.42. The van der Waals surface area contributed by atoms with Gasteiger partial charge in [-0.2, -0.15) is 0 Å². The molecule has 0 radical (unpaired) electrons. The van der Waals surface area contributed by atoms with E-state index in [4.69, 9.17) is 4.74 Å². The Morgan fingerprint density at radius 2 is 2.15 bits per heavy atom. The predicted molar refractivity (Wildman–Crippen MR) is 108 cm³/mol. The lowest BCUT2D eigenvalue weighted by atomic mass is 10.0. The maximum absolute atomic E-state index is 12.1. The summed E-state index contributed by atoms with van der Waals surface area (Å²) in [5.41, 5.74) is 4.76. The van der Waals surface area contributed by atoms with Crippen LogP contribution in [0, 0.1) is 5.92 Å². The molecule has 0 spiro atoms. The first kappa shape index (κ1) is 18.4. The summed E-state index contributed by atoms with van der Waals surface area (Å²) in [4.78, 5) is 19.7. The van der Waals surface area contributed by atoms with E-state index >= 15 is 0 Å². The number of hydrogen-bond donors (Lipinski definition) is 1. The number of aryl methyl sites for hydroxylation is 1. The van der Waals surface area contributed by atoms with Gasteiger partial charge in [0.25, 0.3) is 5.56 Å². The largest absolute Gasteiger partial charge is 0.339 e. The standard InChI is InChI=1S/C22H29N3O2/c1-4-16-6-8-20(24-21(16)26)17-5-7-18(10-17)25-12-19(13-25)27-22-15(3)9-14(2)11-23-22/h6,8-9,11,15,17,19,22H,4-5,7,10,12-13H2,1-3H3/p+1/t15?,17-,19?,22?/m1/s1. The van der Waals surface area contributed by atoms with Crippen LogP contribution in [-0.4, -0.2) is 46.9 Å². The van der Waals surface area contributed by atoms with Crippen LogP contribution in [0.4, 0.5) is 0 Å². The maximum atomic E-state index is 12.1. The van der Waals surface area contributed by atoms with Crippen LogP contribution in [0.2, 0.25) is 0 Å². The normalized spacial score (nSPS) is 30.4. The zero-order valence-corrected chi connectivity index (χ0v) is 16.6. The molecule has 0 aromatic carbocycles. The molecule has 27 heavy (non-hydrogen) atoms. The molecule has 0 amide bonds. The van der Waals surface area contributed by atoms with E-state index in [9.17, 15) is 4.79 Å². The third-order valence-corrected chi connectivity index (χ3v) is 6.13. The zero-order chi connectivity index (χ0) is 19.0. The highest BCUT2D eigenvalue weighted by Gasteiger charge is 2.40. The van der Waals surface area contributed by atoms with Crippen molar-refractivity contribution in [3.05, 3.63) is 45.4 Å². The van der Waals surface area contributed by atoms with Gasteiger partial charge in [0.2, 0.25) is 0 Å². The third kappa shape index (κ3) is 3.84. The first-order chi connectivity index (χ1) is 13.0. The van der Waals surface area contributed by atoms with Crippen molar-refractivity contribution in [3.63, 3.8) is 0 Å².